The van der Waals surface area contributed by atoms with E-state index in [1.807, 2.05) is 32.1 Å². The molecular formula is C30H40ClN5O6S. The minimum absolute atomic E-state index is 0.00121. The van der Waals surface area contributed by atoms with Crippen LogP contribution in [0.2, 0.25) is 5.02 Å². The number of benzene rings is 1. The molecule has 3 aliphatic rings. The molecular weight excluding hydrogens is 594 g/mol. The molecule has 4 N–H and O–H groups in total. The summed E-state index contributed by atoms with van der Waals surface area (Å²) in [6.07, 6.45) is 4.81. The highest BCUT2D eigenvalue weighted by atomic mass is 35.5. The van der Waals surface area contributed by atoms with E-state index in [0.29, 0.717) is 29.3 Å². The maximum atomic E-state index is 14.0. The summed E-state index contributed by atoms with van der Waals surface area (Å²) >= 11 is 7.84. The fourth-order valence-corrected chi connectivity index (χ4v) is 6.22. The Kier molecular flexibility index (Phi) is 11.1. The molecule has 43 heavy (non-hydrogen) atoms. The molecule has 1 saturated heterocycles. The van der Waals surface area contributed by atoms with Crippen molar-refractivity contribution in [1.29, 1.82) is 0 Å². The Labute approximate surface area is 261 Å². The van der Waals surface area contributed by atoms with Gasteiger partial charge in [-0.2, -0.15) is 11.8 Å². The number of nitrogens with one attached hydrogen (secondary N) is 4. The van der Waals surface area contributed by atoms with Gasteiger partial charge < -0.3 is 20.9 Å². The maximum absolute atomic E-state index is 14.0. The number of hydrogen-bond donors (Lipinski definition) is 4. The van der Waals surface area contributed by atoms with Gasteiger partial charge in [-0.3, -0.25) is 34.3 Å². The van der Waals surface area contributed by atoms with Crippen molar-refractivity contribution in [2.45, 2.75) is 89.1 Å². The van der Waals surface area contributed by atoms with Gasteiger partial charge in [-0.25, -0.2) is 0 Å². The van der Waals surface area contributed by atoms with Crippen molar-refractivity contribution in [1.82, 2.24) is 26.3 Å². The van der Waals surface area contributed by atoms with E-state index in [0.717, 1.165) is 24.2 Å². The van der Waals surface area contributed by atoms with Crippen LogP contribution in [0, 0.1) is 0 Å². The van der Waals surface area contributed by atoms with Crippen LogP contribution in [-0.4, -0.2) is 82.1 Å². The highest BCUT2D eigenvalue weighted by molar-refractivity contribution is 7.99. The summed E-state index contributed by atoms with van der Waals surface area (Å²) in [5, 5.41) is 8.74. The van der Waals surface area contributed by atoms with Gasteiger partial charge in [0.1, 0.15) is 17.7 Å². The number of nitrogens with zero attached hydrogens (tertiary/aromatic N) is 1. The molecule has 234 valence electrons. The fourth-order valence-electron chi connectivity index (χ4n) is 5.34. The lowest BCUT2D eigenvalue weighted by Crippen LogP contribution is -2.56. The van der Waals surface area contributed by atoms with E-state index >= 15 is 0 Å². The molecule has 0 aromatic heterocycles. The molecule has 1 unspecified atom stereocenters. The van der Waals surface area contributed by atoms with Gasteiger partial charge in [-0.15, -0.1) is 0 Å². The lowest BCUT2D eigenvalue weighted by atomic mass is 9.97. The summed E-state index contributed by atoms with van der Waals surface area (Å²) in [4.78, 5) is 72.9. The number of halogens is 1. The number of Topliss-reactive ketones (excluding diaryl/α,β-unsaturated/α-hetero) is 1. The highest BCUT2D eigenvalue weighted by Gasteiger charge is 2.52. The van der Waals surface area contributed by atoms with E-state index in [4.69, 9.17) is 16.4 Å². The maximum Gasteiger partial charge on any atom is 0.289 e. The molecule has 0 bridgehead atoms. The fraction of sp³-hybridized carbons (Fsp3) is 0.567. The zero-order valence-electron chi connectivity index (χ0n) is 24.7. The zero-order chi connectivity index (χ0) is 31.1. The number of thioether (sulfide) groups is 1. The molecule has 1 aromatic carbocycles. The van der Waals surface area contributed by atoms with Gasteiger partial charge in [0.05, 0.1) is 18.3 Å². The van der Waals surface area contributed by atoms with Crippen LogP contribution in [0.5, 0.6) is 0 Å². The molecule has 2 fully saturated rings. The Morgan fingerprint density at radius 2 is 1.91 bits per heavy atom. The zero-order valence-corrected chi connectivity index (χ0v) is 26.3. The average Bonchev–Trinajstić information content (AvgIpc) is 3.56. The van der Waals surface area contributed by atoms with Crippen molar-refractivity contribution >= 4 is 58.5 Å². The molecule has 1 aromatic rings. The minimum atomic E-state index is -1.05. The number of rotatable bonds is 14. The predicted molar refractivity (Wildman–Crippen MR) is 165 cm³/mol. The molecule has 2 heterocycles. The summed E-state index contributed by atoms with van der Waals surface area (Å²) in [7, 11) is 0. The summed E-state index contributed by atoms with van der Waals surface area (Å²) in [5.41, 5.74) is 3.29. The van der Waals surface area contributed by atoms with Gasteiger partial charge in [0.25, 0.3) is 5.91 Å². The Morgan fingerprint density at radius 3 is 2.56 bits per heavy atom. The standard InChI is InChI=1S/C30H40ClN5O6S/c1-4-7-22(26(38)28(40)33-21-10-11-21)34-27(39)25-16-30(15-24(35-42-30)19-8-6-9-20(31)14-19)17-36(25)29(41)23(32-18(3)37)12-13-43-5-2/h6,8-9,14-15,21-23,25,35H,4-5,7,10-13,16-17H2,1-3H3,(H,32,37)(H,33,40)(H,34,39)/t22-,23-,25-,30?/m0/s1. The number of carbonyl (C=O) groups excluding carboxylic acids is 5. The number of hydrogen-bond acceptors (Lipinski definition) is 8. The average molecular weight is 634 g/mol. The van der Waals surface area contributed by atoms with Crippen LogP contribution in [0.3, 0.4) is 0 Å². The van der Waals surface area contributed by atoms with Crippen molar-refractivity contribution < 1.29 is 28.8 Å². The van der Waals surface area contributed by atoms with Crippen LogP contribution >= 0.6 is 23.4 Å². The first kappa shape index (κ1) is 32.8. The number of amides is 4. The number of ketones is 1. The van der Waals surface area contributed by atoms with Gasteiger partial charge >= 0.3 is 0 Å². The first-order chi connectivity index (χ1) is 20.6. The van der Waals surface area contributed by atoms with Gasteiger partial charge in [0.2, 0.25) is 23.5 Å². The number of likely N-dealkylation sites (tertiary alicyclic amines) is 1. The third-order valence-electron chi connectivity index (χ3n) is 7.62. The van der Waals surface area contributed by atoms with E-state index in [1.54, 1.807) is 23.9 Å². The van der Waals surface area contributed by atoms with Gasteiger partial charge in [0, 0.05) is 30.0 Å². The van der Waals surface area contributed by atoms with Gasteiger partial charge in [0.15, 0.2) is 0 Å². The molecule has 4 atom stereocenters. The largest absolute Gasteiger partial charge is 0.347 e. The molecule has 1 aliphatic carbocycles. The van der Waals surface area contributed by atoms with Crippen molar-refractivity contribution in [2.75, 3.05) is 18.1 Å². The van der Waals surface area contributed by atoms with Gasteiger partial charge in [-0.1, -0.05) is 44.0 Å². The molecule has 1 saturated carbocycles. The minimum Gasteiger partial charge on any atom is -0.347 e. The van der Waals surface area contributed by atoms with Crippen molar-refractivity contribution in [3.63, 3.8) is 0 Å². The van der Waals surface area contributed by atoms with Crippen LogP contribution in [0.4, 0.5) is 0 Å². The molecule has 4 rings (SSSR count). The van der Waals surface area contributed by atoms with Crippen LogP contribution in [0.1, 0.15) is 64.9 Å². The van der Waals surface area contributed by atoms with E-state index in [9.17, 15) is 24.0 Å². The monoisotopic (exact) mass is 633 g/mol. The summed E-state index contributed by atoms with van der Waals surface area (Å²) in [6.45, 7) is 5.25. The van der Waals surface area contributed by atoms with Gasteiger partial charge in [-0.05, 0) is 55.4 Å². The first-order valence-corrected chi connectivity index (χ1v) is 16.3. The van der Waals surface area contributed by atoms with E-state index in [2.05, 4.69) is 21.4 Å². The van der Waals surface area contributed by atoms with Crippen LogP contribution in [-0.2, 0) is 28.8 Å². The second kappa shape index (κ2) is 14.6. The Hall–Kier alpha value is -3.09. The van der Waals surface area contributed by atoms with Crippen LogP contribution in [0.15, 0.2) is 30.3 Å². The Morgan fingerprint density at radius 1 is 1.14 bits per heavy atom. The predicted octanol–water partition coefficient (Wildman–Crippen LogP) is 2.34. The number of carbonyl (C=O) groups is 5. The van der Waals surface area contributed by atoms with Crippen LogP contribution < -0.4 is 21.4 Å². The topological polar surface area (TPSA) is 146 Å². The van der Waals surface area contributed by atoms with Crippen LogP contribution in [0.25, 0.3) is 5.70 Å². The summed E-state index contributed by atoms with van der Waals surface area (Å²) < 4.78 is 0. The van der Waals surface area contributed by atoms with Crippen molar-refractivity contribution in [3.8, 4) is 0 Å². The summed E-state index contributed by atoms with van der Waals surface area (Å²) in [6, 6.07) is 4.31. The van der Waals surface area contributed by atoms with E-state index in [1.165, 1.54) is 11.8 Å². The van der Waals surface area contributed by atoms with Crippen molar-refractivity contribution in [3.05, 3.63) is 40.9 Å². The smallest absolute Gasteiger partial charge is 0.289 e. The lowest BCUT2D eigenvalue weighted by molar-refractivity contribution is -0.143. The lowest BCUT2D eigenvalue weighted by Gasteiger charge is -2.29. The molecule has 2 aliphatic heterocycles. The third-order valence-corrected chi connectivity index (χ3v) is 8.79. The second-order valence-corrected chi connectivity index (χ2v) is 13.1. The van der Waals surface area contributed by atoms with Crippen molar-refractivity contribution in [2.24, 2.45) is 0 Å². The Balaban J connectivity index is 1.60. The molecule has 13 heteroatoms. The van der Waals surface area contributed by atoms with E-state index < -0.39 is 47.2 Å². The SMILES string of the molecule is CCC[C@H](NC(=O)[C@@H]1CC2(C=C(c3cccc(Cl)c3)NO2)CN1C(=O)[C@H](CCSCC)NC(C)=O)C(=O)C(=O)NC1CC1. The molecule has 11 nitrogen and oxygen atoms in total. The Bertz CT molecular complexity index is 1270. The highest BCUT2D eigenvalue weighted by Crippen LogP contribution is 2.38. The quantitative estimate of drug-likeness (QED) is 0.180. The normalized spacial score (nSPS) is 22.4. The molecule has 0 radical (unpaired) electrons. The molecule has 1 spiro atoms. The second-order valence-electron chi connectivity index (χ2n) is 11.2. The molecule has 4 amide bonds. The number of hydroxylamine groups is 1. The van der Waals surface area contributed by atoms with E-state index in [-0.39, 0.29) is 31.3 Å². The first-order valence-electron chi connectivity index (χ1n) is 14.8. The summed E-state index contributed by atoms with van der Waals surface area (Å²) in [5.74, 6) is -1.25. The third kappa shape index (κ3) is 8.51.